The zero-order valence-corrected chi connectivity index (χ0v) is 13.9. The Kier molecular flexibility index (Phi) is 3.97. The maximum absolute atomic E-state index is 9.25. The van der Waals surface area contributed by atoms with Crippen LogP contribution in [-0.2, 0) is 6.42 Å². The van der Waals surface area contributed by atoms with Crippen LogP contribution in [0.1, 0.15) is 30.4 Å². The number of rotatable bonds is 3. The molecule has 0 saturated carbocycles. The standard InChI is InChI=1S/C21H19NS/c22-14-18-3-1-2-4-21(18)17-7-5-15(6-8-17)11-16-12-19-9-10-20(13-16)23-19/h1-8,12,19-20H,9-11,13H2. The second-order valence-corrected chi connectivity index (χ2v) is 7.98. The Labute approximate surface area is 142 Å². The van der Waals surface area contributed by atoms with Crippen molar-refractivity contribution >= 4 is 11.8 Å². The lowest BCUT2D eigenvalue weighted by Gasteiger charge is -2.19. The van der Waals surface area contributed by atoms with Crippen molar-refractivity contribution in [2.24, 2.45) is 0 Å². The minimum atomic E-state index is 0.740. The maximum atomic E-state index is 9.25. The van der Waals surface area contributed by atoms with Gasteiger partial charge in [0.2, 0.25) is 0 Å². The number of hydrogen-bond acceptors (Lipinski definition) is 2. The van der Waals surface area contributed by atoms with Gasteiger partial charge >= 0.3 is 0 Å². The van der Waals surface area contributed by atoms with Crippen molar-refractivity contribution in [3.05, 3.63) is 71.3 Å². The number of nitriles is 1. The van der Waals surface area contributed by atoms with Crippen LogP contribution >= 0.6 is 11.8 Å². The average molecular weight is 317 g/mol. The fourth-order valence-electron chi connectivity index (χ4n) is 3.66. The number of hydrogen-bond donors (Lipinski definition) is 0. The molecule has 0 aromatic heterocycles. The lowest BCUT2D eigenvalue weighted by Crippen LogP contribution is -2.07. The van der Waals surface area contributed by atoms with Gasteiger partial charge in [0.25, 0.3) is 0 Å². The van der Waals surface area contributed by atoms with Crippen molar-refractivity contribution in [1.29, 1.82) is 5.26 Å². The lowest BCUT2D eigenvalue weighted by molar-refractivity contribution is 0.769. The molecule has 23 heavy (non-hydrogen) atoms. The van der Waals surface area contributed by atoms with Crippen LogP contribution in [0.15, 0.2) is 60.2 Å². The quantitative estimate of drug-likeness (QED) is 0.711. The minimum absolute atomic E-state index is 0.740. The predicted octanol–water partition coefficient (Wildman–Crippen LogP) is 5.36. The van der Waals surface area contributed by atoms with E-state index in [9.17, 15) is 5.26 Å². The van der Waals surface area contributed by atoms with E-state index in [2.05, 4.69) is 48.2 Å². The second kappa shape index (κ2) is 6.26. The van der Waals surface area contributed by atoms with Crippen LogP contribution in [0.5, 0.6) is 0 Å². The Morgan fingerprint density at radius 1 is 1.04 bits per heavy atom. The van der Waals surface area contributed by atoms with Gasteiger partial charge in [-0.1, -0.05) is 54.1 Å². The molecule has 2 atom stereocenters. The minimum Gasteiger partial charge on any atom is -0.192 e. The largest absolute Gasteiger partial charge is 0.192 e. The molecule has 0 aliphatic carbocycles. The molecular weight excluding hydrogens is 298 g/mol. The van der Waals surface area contributed by atoms with E-state index in [1.54, 1.807) is 5.57 Å². The molecule has 1 saturated heterocycles. The highest BCUT2D eigenvalue weighted by Gasteiger charge is 2.29. The van der Waals surface area contributed by atoms with Gasteiger partial charge in [0.05, 0.1) is 11.6 Å². The summed E-state index contributed by atoms with van der Waals surface area (Å²) in [6.45, 7) is 0. The van der Waals surface area contributed by atoms with Gasteiger partial charge in [0.1, 0.15) is 0 Å². The van der Waals surface area contributed by atoms with E-state index in [-0.39, 0.29) is 0 Å². The smallest absolute Gasteiger partial charge is 0.0998 e. The van der Waals surface area contributed by atoms with E-state index in [4.69, 9.17) is 0 Å². The molecule has 1 nitrogen and oxygen atoms in total. The summed E-state index contributed by atoms with van der Waals surface area (Å²) in [4.78, 5) is 0. The van der Waals surface area contributed by atoms with Crippen LogP contribution in [0, 0.1) is 11.3 Å². The Hall–Kier alpha value is -1.98. The summed E-state index contributed by atoms with van der Waals surface area (Å²) < 4.78 is 0. The third kappa shape index (κ3) is 3.07. The van der Waals surface area contributed by atoms with Gasteiger partial charge in [-0.2, -0.15) is 17.0 Å². The summed E-state index contributed by atoms with van der Waals surface area (Å²) in [5, 5.41) is 10.9. The molecule has 2 aromatic rings. The van der Waals surface area contributed by atoms with E-state index >= 15 is 0 Å². The molecule has 0 spiro atoms. The van der Waals surface area contributed by atoms with Crippen molar-refractivity contribution in [3.63, 3.8) is 0 Å². The Morgan fingerprint density at radius 3 is 2.65 bits per heavy atom. The van der Waals surface area contributed by atoms with Crippen LogP contribution in [0.25, 0.3) is 11.1 Å². The van der Waals surface area contributed by atoms with Crippen molar-refractivity contribution in [3.8, 4) is 17.2 Å². The first kappa shape index (κ1) is 14.6. The highest BCUT2D eigenvalue weighted by Crippen LogP contribution is 2.43. The molecule has 2 aromatic carbocycles. The van der Waals surface area contributed by atoms with Gasteiger partial charge in [-0.15, -0.1) is 0 Å². The van der Waals surface area contributed by atoms with Gasteiger partial charge in [-0.25, -0.2) is 0 Å². The third-order valence-corrected chi connectivity index (χ3v) is 6.30. The molecule has 2 unspecified atom stereocenters. The molecule has 0 radical (unpaired) electrons. The molecular formula is C21H19NS. The summed E-state index contributed by atoms with van der Waals surface area (Å²) >= 11 is 2.16. The van der Waals surface area contributed by atoms with Gasteiger partial charge in [-0.05, 0) is 48.4 Å². The summed E-state index contributed by atoms with van der Waals surface area (Å²) in [5.74, 6) is 0. The van der Waals surface area contributed by atoms with Crippen LogP contribution in [0.3, 0.4) is 0 Å². The first-order valence-electron chi connectivity index (χ1n) is 8.25. The molecule has 2 bridgehead atoms. The summed E-state index contributed by atoms with van der Waals surface area (Å²) in [6.07, 6.45) is 7.60. The molecule has 114 valence electrons. The van der Waals surface area contributed by atoms with Crippen molar-refractivity contribution in [2.75, 3.05) is 0 Å². The number of nitrogens with zero attached hydrogens (tertiary/aromatic N) is 1. The Balaban J connectivity index is 1.54. The fourth-order valence-corrected chi connectivity index (χ4v) is 5.28. The highest BCUT2D eigenvalue weighted by atomic mass is 32.2. The molecule has 0 N–H and O–H groups in total. The van der Waals surface area contributed by atoms with Gasteiger partial charge in [-0.3, -0.25) is 0 Å². The zero-order chi connectivity index (χ0) is 15.6. The monoisotopic (exact) mass is 317 g/mol. The highest BCUT2D eigenvalue weighted by molar-refractivity contribution is 8.01. The van der Waals surface area contributed by atoms with Crippen molar-refractivity contribution in [1.82, 2.24) is 0 Å². The van der Waals surface area contributed by atoms with Crippen LogP contribution in [-0.4, -0.2) is 10.5 Å². The van der Waals surface area contributed by atoms with Gasteiger partial charge < -0.3 is 0 Å². The molecule has 2 heterocycles. The molecule has 0 amide bonds. The molecule has 4 rings (SSSR count). The number of thioether (sulfide) groups is 1. The normalized spacial score (nSPS) is 22.5. The zero-order valence-electron chi connectivity index (χ0n) is 13.0. The molecule has 1 fully saturated rings. The first-order valence-corrected chi connectivity index (χ1v) is 9.19. The molecule has 2 aliphatic heterocycles. The maximum Gasteiger partial charge on any atom is 0.0998 e. The van der Waals surface area contributed by atoms with E-state index in [1.807, 2.05) is 24.3 Å². The van der Waals surface area contributed by atoms with Crippen LogP contribution in [0.4, 0.5) is 0 Å². The summed E-state index contributed by atoms with van der Waals surface area (Å²) in [5.41, 5.74) is 5.87. The van der Waals surface area contributed by atoms with Crippen molar-refractivity contribution < 1.29 is 0 Å². The average Bonchev–Trinajstić information content (AvgIpc) is 2.94. The summed E-state index contributed by atoms with van der Waals surface area (Å²) in [6, 6.07) is 18.8. The van der Waals surface area contributed by atoms with E-state index in [0.29, 0.717) is 0 Å². The van der Waals surface area contributed by atoms with Crippen LogP contribution in [0.2, 0.25) is 0 Å². The second-order valence-electron chi connectivity index (χ2n) is 6.43. The summed E-state index contributed by atoms with van der Waals surface area (Å²) in [7, 11) is 0. The number of fused-ring (bicyclic) bond motifs is 2. The van der Waals surface area contributed by atoms with E-state index in [0.717, 1.165) is 33.6 Å². The van der Waals surface area contributed by atoms with Gasteiger partial charge in [0, 0.05) is 10.5 Å². The molecule has 2 heteroatoms. The topological polar surface area (TPSA) is 23.8 Å². The number of benzene rings is 2. The SMILES string of the molecule is N#Cc1ccccc1-c1ccc(CC2=CC3CCC(C2)S3)cc1. The Bertz CT molecular complexity index is 782. The fraction of sp³-hybridized carbons (Fsp3) is 0.286. The third-order valence-electron chi connectivity index (χ3n) is 4.80. The van der Waals surface area contributed by atoms with E-state index < -0.39 is 0 Å². The lowest BCUT2D eigenvalue weighted by atomic mass is 9.96. The Morgan fingerprint density at radius 2 is 1.87 bits per heavy atom. The first-order chi connectivity index (χ1) is 11.3. The molecule has 2 aliphatic rings. The predicted molar refractivity (Wildman–Crippen MR) is 97.4 cm³/mol. The van der Waals surface area contributed by atoms with E-state index in [1.165, 1.54) is 24.8 Å². The van der Waals surface area contributed by atoms with Crippen molar-refractivity contribution in [2.45, 2.75) is 36.2 Å². The van der Waals surface area contributed by atoms with Gasteiger partial charge in [0.15, 0.2) is 0 Å². The number of allylic oxidation sites excluding steroid dienone is 1. The van der Waals surface area contributed by atoms with Crippen LogP contribution < -0.4 is 0 Å².